The molecule has 0 fully saturated rings. The largest absolute Gasteiger partial charge is 0.383 e. The van der Waals surface area contributed by atoms with E-state index in [4.69, 9.17) is 4.74 Å². The van der Waals surface area contributed by atoms with Gasteiger partial charge in [-0.3, -0.25) is 4.79 Å². The molecule has 10 heteroatoms. The molecule has 0 unspecified atom stereocenters. The number of carbonyl (C=O) groups is 1. The summed E-state index contributed by atoms with van der Waals surface area (Å²) in [4.78, 5) is 17.6. The molecule has 0 atom stereocenters. The third-order valence-corrected chi connectivity index (χ3v) is 8.13. The summed E-state index contributed by atoms with van der Waals surface area (Å²) in [6, 6.07) is 10.6. The number of thiazole rings is 1. The number of rotatable bonds is 10. The van der Waals surface area contributed by atoms with E-state index in [-0.39, 0.29) is 22.3 Å². The van der Waals surface area contributed by atoms with Crippen LogP contribution >= 0.6 is 11.3 Å². The Morgan fingerprint density at radius 1 is 1.09 bits per heavy atom. The van der Waals surface area contributed by atoms with Gasteiger partial charge in [-0.05, 0) is 48.2 Å². The molecule has 0 spiro atoms. The van der Waals surface area contributed by atoms with E-state index in [1.807, 2.05) is 27.7 Å². The molecular formula is C25H32FN3O4S2. The van der Waals surface area contributed by atoms with E-state index in [0.29, 0.717) is 41.3 Å². The van der Waals surface area contributed by atoms with Crippen molar-refractivity contribution in [2.45, 2.75) is 39.1 Å². The lowest BCUT2D eigenvalue weighted by Crippen LogP contribution is -2.37. The number of benzene rings is 2. The predicted molar refractivity (Wildman–Crippen MR) is 136 cm³/mol. The van der Waals surface area contributed by atoms with Crippen LogP contribution in [-0.2, 0) is 21.3 Å². The second kappa shape index (κ2) is 11.6. The number of hydrogen-bond acceptors (Lipinski definition) is 5. The fourth-order valence-corrected chi connectivity index (χ4v) is 6.55. The van der Waals surface area contributed by atoms with Gasteiger partial charge in [-0.15, -0.1) is 0 Å². The van der Waals surface area contributed by atoms with Gasteiger partial charge in [0, 0.05) is 32.3 Å². The molecule has 0 aliphatic carbocycles. The van der Waals surface area contributed by atoms with E-state index in [2.05, 4.69) is 4.99 Å². The fourth-order valence-electron chi connectivity index (χ4n) is 3.72. The van der Waals surface area contributed by atoms with E-state index in [1.54, 1.807) is 23.8 Å². The number of nitrogens with zero attached hydrogens (tertiary/aromatic N) is 3. The molecule has 1 heterocycles. The van der Waals surface area contributed by atoms with E-state index < -0.39 is 21.7 Å². The van der Waals surface area contributed by atoms with Crippen molar-refractivity contribution in [3.8, 4) is 0 Å². The summed E-state index contributed by atoms with van der Waals surface area (Å²) < 4.78 is 49.9. The minimum atomic E-state index is -3.70. The second-order valence-corrected chi connectivity index (χ2v) is 12.1. The van der Waals surface area contributed by atoms with E-state index in [1.165, 1.54) is 46.0 Å². The molecule has 2 aromatic carbocycles. The van der Waals surface area contributed by atoms with Crippen molar-refractivity contribution >= 4 is 37.5 Å². The summed E-state index contributed by atoms with van der Waals surface area (Å²) in [6.07, 6.45) is 0. The van der Waals surface area contributed by atoms with Gasteiger partial charge in [-0.25, -0.2) is 12.8 Å². The van der Waals surface area contributed by atoms with Crippen LogP contribution in [0.25, 0.3) is 10.2 Å². The van der Waals surface area contributed by atoms with Crippen LogP contribution in [0.15, 0.2) is 52.4 Å². The molecule has 0 N–H and O–H groups in total. The van der Waals surface area contributed by atoms with Crippen molar-refractivity contribution in [1.82, 2.24) is 8.87 Å². The quantitative estimate of drug-likeness (QED) is 0.393. The smallest absolute Gasteiger partial charge is 0.279 e. The first-order chi connectivity index (χ1) is 16.5. The molecule has 190 valence electrons. The maximum absolute atomic E-state index is 14.5. The van der Waals surface area contributed by atoms with Gasteiger partial charge in [0.05, 0.1) is 21.7 Å². The standard InChI is InChI=1S/C25H32FN3O4S2/c1-17(2)15-28(16-18(3)4)35(31,32)20-11-9-19(10-12-20)24(30)27-25-29(13-14-33-5)23-21(26)7-6-8-22(23)34-25/h6-12,17-18H,13-16H2,1-5H3. The highest BCUT2D eigenvalue weighted by molar-refractivity contribution is 7.89. The number of sulfonamides is 1. The summed E-state index contributed by atoms with van der Waals surface area (Å²) in [6.45, 7) is 9.41. The molecule has 3 aromatic rings. The Hall–Kier alpha value is -2.40. The van der Waals surface area contributed by atoms with E-state index >= 15 is 0 Å². The predicted octanol–water partition coefficient (Wildman–Crippen LogP) is 4.53. The van der Waals surface area contributed by atoms with Crippen LogP contribution in [0.5, 0.6) is 0 Å². The molecule has 35 heavy (non-hydrogen) atoms. The number of para-hydroxylation sites is 1. The summed E-state index contributed by atoms with van der Waals surface area (Å²) >= 11 is 1.21. The number of aromatic nitrogens is 1. The van der Waals surface area contributed by atoms with Crippen molar-refractivity contribution in [2.24, 2.45) is 16.8 Å². The normalized spacial score (nSPS) is 13.0. The lowest BCUT2D eigenvalue weighted by Gasteiger charge is -2.25. The molecule has 0 aliphatic rings. The zero-order valence-corrected chi connectivity index (χ0v) is 22.3. The fraction of sp³-hybridized carbons (Fsp3) is 0.440. The highest BCUT2D eigenvalue weighted by Gasteiger charge is 2.26. The van der Waals surface area contributed by atoms with Crippen LogP contribution in [0.3, 0.4) is 0 Å². The number of halogens is 1. The summed E-state index contributed by atoms with van der Waals surface area (Å²) in [7, 11) is -2.15. The highest BCUT2D eigenvalue weighted by atomic mass is 32.2. The summed E-state index contributed by atoms with van der Waals surface area (Å²) in [5.41, 5.74) is 0.623. The zero-order valence-electron chi connectivity index (χ0n) is 20.7. The van der Waals surface area contributed by atoms with Gasteiger partial charge in [0.2, 0.25) is 10.0 Å². The van der Waals surface area contributed by atoms with Gasteiger partial charge in [-0.2, -0.15) is 9.30 Å². The Morgan fingerprint density at radius 3 is 2.29 bits per heavy atom. The Labute approximate surface area is 209 Å². The molecule has 1 amide bonds. The first-order valence-electron chi connectivity index (χ1n) is 11.5. The van der Waals surface area contributed by atoms with Crippen molar-refractivity contribution in [1.29, 1.82) is 0 Å². The maximum Gasteiger partial charge on any atom is 0.279 e. The lowest BCUT2D eigenvalue weighted by molar-refractivity contribution is 0.0997. The third-order valence-electron chi connectivity index (χ3n) is 5.24. The Balaban J connectivity index is 1.95. The van der Waals surface area contributed by atoms with Crippen LogP contribution < -0.4 is 4.80 Å². The average Bonchev–Trinajstić information content (AvgIpc) is 3.14. The second-order valence-electron chi connectivity index (χ2n) is 9.17. The summed E-state index contributed by atoms with van der Waals surface area (Å²) in [5, 5.41) is 0. The molecule has 0 saturated carbocycles. The average molecular weight is 522 g/mol. The molecule has 7 nitrogen and oxygen atoms in total. The van der Waals surface area contributed by atoms with Crippen molar-refractivity contribution in [3.05, 3.63) is 58.6 Å². The SMILES string of the molecule is COCCn1c(=NC(=O)c2ccc(S(=O)(=O)N(CC(C)C)CC(C)C)cc2)sc2cccc(F)c21. The zero-order chi connectivity index (χ0) is 25.8. The van der Waals surface area contributed by atoms with Crippen LogP contribution in [0.2, 0.25) is 0 Å². The number of fused-ring (bicyclic) bond motifs is 1. The first kappa shape index (κ1) is 27.2. The van der Waals surface area contributed by atoms with Crippen LogP contribution in [0.1, 0.15) is 38.1 Å². The number of ether oxygens (including phenoxy) is 1. The van der Waals surface area contributed by atoms with Gasteiger partial charge in [0.25, 0.3) is 5.91 Å². The van der Waals surface area contributed by atoms with Crippen molar-refractivity contribution in [3.63, 3.8) is 0 Å². The van der Waals surface area contributed by atoms with Crippen LogP contribution in [-0.4, -0.2) is 50.0 Å². The number of hydrogen-bond donors (Lipinski definition) is 0. The molecular weight excluding hydrogens is 489 g/mol. The third kappa shape index (κ3) is 6.43. The minimum Gasteiger partial charge on any atom is -0.383 e. The van der Waals surface area contributed by atoms with Gasteiger partial charge in [0.1, 0.15) is 5.82 Å². The molecule has 3 rings (SSSR count). The van der Waals surface area contributed by atoms with Crippen LogP contribution in [0.4, 0.5) is 4.39 Å². The Morgan fingerprint density at radius 2 is 1.71 bits per heavy atom. The number of carbonyl (C=O) groups excluding carboxylic acids is 1. The van der Waals surface area contributed by atoms with E-state index in [0.717, 1.165) is 0 Å². The van der Waals surface area contributed by atoms with Crippen LogP contribution in [0, 0.1) is 17.7 Å². The Bertz CT molecular complexity index is 1330. The molecule has 0 bridgehead atoms. The van der Waals surface area contributed by atoms with Gasteiger partial charge >= 0.3 is 0 Å². The minimum absolute atomic E-state index is 0.134. The lowest BCUT2D eigenvalue weighted by atomic mass is 10.2. The number of methoxy groups -OCH3 is 1. The monoisotopic (exact) mass is 521 g/mol. The van der Waals surface area contributed by atoms with Gasteiger partial charge in [0.15, 0.2) is 4.80 Å². The van der Waals surface area contributed by atoms with Gasteiger partial charge in [-0.1, -0.05) is 45.1 Å². The molecule has 0 saturated heterocycles. The molecule has 0 aliphatic heterocycles. The van der Waals surface area contributed by atoms with Crippen molar-refractivity contribution < 1.29 is 22.3 Å². The molecule has 0 radical (unpaired) electrons. The highest BCUT2D eigenvalue weighted by Crippen LogP contribution is 2.22. The Kier molecular flexibility index (Phi) is 8.98. The van der Waals surface area contributed by atoms with E-state index in [9.17, 15) is 17.6 Å². The molecule has 1 aromatic heterocycles. The maximum atomic E-state index is 14.5. The number of amides is 1. The first-order valence-corrected chi connectivity index (χ1v) is 13.8. The topological polar surface area (TPSA) is 81.0 Å². The van der Waals surface area contributed by atoms with Crippen molar-refractivity contribution in [2.75, 3.05) is 26.8 Å². The van der Waals surface area contributed by atoms with Gasteiger partial charge < -0.3 is 9.30 Å². The summed E-state index contributed by atoms with van der Waals surface area (Å²) in [5.74, 6) is -0.572.